The number of hydrogen-bond donors (Lipinski definition) is 1. The van der Waals surface area contributed by atoms with Gasteiger partial charge < -0.3 is 10.0 Å². The Kier molecular flexibility index (Phi) is 5.33. The highest BCUT2D eigenvalue weighted by Crippen LogP contribution is 2.50. The summed E-state index contributed by atoms with van der Waals surface area (Å²) >= 11 is 12.0. The second kappa shape index (κ2) is 7.55. The van der Waals surface area contributed by atoms with Gasteiger partial charge in [-0.2, -0.15) is 0 Å². The van der Waals surface area contributed by atoms with E-state index in [1.54, 1.807) is 0 Å². The van der Waals surface area contributed by atoms with E-state index in [4.69, 9.17) is 23.2 Å². The van der Waals surface area contributed by atoms with Crippen molar-refractivity contribution < 1.29 is 23.1 Å². The lowest BCUT2D eigenvalue weighted by Gasteiger charge is -2.27. The Morgan fingerprint density at radius 1 is 1.07 bits per heavy atom. The molecule has 2 fully saturated rings. The maximum absolute atomic E-state index is 13.4. The fourth-order valence-electron chi connectivity index (χ4n) is 4.15. The standard InChI is InChI=1S/C21H19Cl2NO5S/c22-14-6-7-18(16(23)10-14)30(28,29)15-11-17(19(25)26)24(12-15)20(27)21(8-9-21)13-4-2-1-3-5-13/h1-7,10,15,17H,8-9,11-12H2,(H,25,26)/t15-,17+/m1/s1. The van der Waals surface area contributed by atoms with Crippen LogP contribution < -0.4 is 0 Å². The van der Waals surface area contributed by atoms with Crippen LogP contribution in [0.5, 0.6) is 0 Å². The quantitative estimate of drug-likeness (QED) is 0.725. The minimum absolute atomic E-state index is 0.0258. The fraction of sp³-hybridized carbons (Fsp3) is 0.333. The molecule has 1 heterocycles. The van der Waals surface area contributed by atoms with E-state index < -0.39 is 32.5 Å². The van der Waals surface area contributed by atoms with Gasteiger partial charge in [-0.3, -0.25) is 4.79 Å². The van der Waals surface area contributed by atoms with Gasteiger partial charge in [-0.25, -0.2) is 13.2 Å². The normalized spacial score (nSPS) is 22.7. The van der Waals surface area contributed by atoms with Crippen molar-refractivity contribution in [1.29, 1.82) is 0 Å². The molecule has 0 bridgehead atoms. The summed E-state index contributed by atoms with van der Waals surface area (Å²) in [6.07, 6.45) is 1.03. The van der Waals surface area contributed by atoms with E-state index in [2.05, 4.69) is 0 Å². The Morgan fingerprint density at radius 3 is 2.30 bits per heavy atom. The van der Waals surface area contributed by atoms with Gasteiger partial charge >= 0.3 is 5.97 Å². The highest BCUT2D eigenvalue weighted by atomic mass is 35.5. The highest BCUT2D eigenvalue weighted by molar-refractivity contribution is 7.92. The Labute approximate surface area is 184 Å². The highest BCUT2D eigenvalue weighted by Gasteiger charge is 2.57. The van der Waals surface area contributed by atoms with Crippen LogP contribution in [0.3, 0.4) is 0 Å². The first-order chi connectivity index (χ1) is 14.2. The van der Waals surface area contributed by atoms with E-state index in [1.165, 1.54) is 23.1 Å². The van der Waals surface area contributed by atoms with Crippen LogP contribution in [-0.2, 0) is 24.8 Å². The number of carboxylic acid groups (broad SMARTS) is 1. The van der Waals surface area contributed by atoms with Crippen molar-refractivity contribution in [2.24, 2.45) is 0 Å². The first-order valence-electron chi connectivity index (χ1n) is 9.45. The molecule has 1 amide bonds. The van der Waals surface area contributed by atoms with Crippen molar-refractivity contribution in [1.82, 2.24) is 4.90 Å². The molecule has 1 saturated carbocycles. The number of carboxylic acids is 1. The van der Waals surface area contributed by atoms with Gasteiger partial charge in [0.15, 0.2) is 9.84 Å². The monoisotopic (exact) mass is 467 g/mol. The van der Waals surface area contributed by atoms with Crippen molar-refractivity contribution >= 4 is 44.9 Å². The maximum atomic E-state index is 13.4. The average Bonchev–Trinajstić information content (AvgIpc) is 3.38. The molecule has 1 N–H and O–H groups in total. The number of aliphatic carboxylic acids is 1. The largest absolute Gasteiger partial charge is 0.480 e. The molecule has 2 atom stereocenters. The summed E-state index contributed by atoms with van der Waals surface area (Å²) in [6, 6.07) is 12.1. The van der Waals surface area contributed by atoms with Crippen LogP contribution in [0.15, 0.2) is 53.4 Å². The van der Waals surface area contributed by atoms with Gasteiger partial charge in [0.2, 0.25) is 5.91 Å². The predicted octanol–water partition coefficient (Wildman–Crippen LogP) is 3.55. The molecule has 1 aliphatic heterocycles. The number of carbonyl (C=O) groups is 2. The zero-order chi connectivity index (χ0) is 21.7. The Hall–Kier alpha value is -2.09. The molecule has 9 heteroatoms. The van der Waals surface area contributed by atoms with Crippen LogP contribution in [0, 0.1) is 0 Å². The molecule has 2 aromatic rings. The van der Waals surface area contributed by atoms with E-state index >= 15 is 0 Å². The number of hydrogen-bond acceptors (Lipinski definition) is 4. The average molecular weight is 468 g/mol. The Morgan fingerprint density at radius 2 is 1.73 bits per heavy atom. The molecule has 2 aromatic carbocycles. The molecule has 30 heavy (non-hydrogen) atoms. The molecule has 158 valence electrons. The lowest BCUT2D eigenvalue weighted by molar-refractivity contribution is -0.149. The zero-order valence-corrected chi connectivity index (χ0v) is 18.1. The second-order valence-electron chi connectivity index (χ2n) is 7.74. The number of rotatable bonds is 5. The number of benzene rings is 2. The third-order valence-corrected chi connectivity index (χ3v) is 8.78. The number of amides is 1. The Balaban J connectivity index is 1.66. The van der Waals surface area contributed by atoms with Crippen LogP contribution in [-0.4, -0.2) is 48.1 Å². The third-order valence-electron chi connectivity index (χ3n) is 5.93. The van der Waals surface area contributed by atoms with Gasteiger partial charge in [-0.05, 0) is 43.0 Å². The zero-order valence-electron chi connectivity index (χ0n) is 15.8. The number of sulfone groups is 1. The van der Waals surface area contributed by atoms with Crippen molar-refractivity contribution in [3.8, 4) is 0 Å². The first-order valence-corrected chi connectivity index (χ1v) is 11.8. The summed E-state index contributed by atoms with van der Waals surface area (Å²) in [5, 5.41) is 8.91. The SMILES string of the molecule is O=C(O)[C@@H]1C[C@@H](S(=O)(=O)c2ccc(Cl)cc2Cl)CN1C(=O)C1(c2ccccc2)CC1. The van der Waals surface area contributed by atoms with E-state index in [1.807, 2.05) is 30.3 Å². The van der Waals surface area contributed by atoms with Crippen LogP contribution in [0.25, 0.3) is 0 Å². The van der Waals surface area contributed by atoms with Gasteiger partial charge in [0.05, 0.1) is 20.6 Å². The van der Waals surface area contributed by atoms with Crippen molar-refractivity contribution in [2.45, 2.75) is 40.9 Å². The molecule has 0 radical (unpaired) electrons. The van der Waals surface area contributed by atoms with Crippen LogP contribution >= 0.6 is 23.2 Å². The number of nitrogens with zero attached hydrogens (tertiary/aromatic N) is 1. The van der Waals surface area contributed by atoms with E-state index in [-0.39, 0.29) is 28.8 Å². The van der Waals surface area contributed by atoms with Crippen molar-refractivity contribution in [3.05, 3.63) is 64.1 Å². The van der Waals surface area contributed by atoms with Crippen LogP contribution in [0.2, 0.25) is 10.0 Å². The molecular weight excluding hydrogens is 449 g/mol. The molecule has 2 aliphatic rings. The Bertz CT molecular complexity index is 1120. The van der Waals surface area contributed by atoms with Crippen LogP contribution in [0.4, 0.5) is 0 Å². The minimum Gasteiger partial charge on any atom is -0.480 e. The summed E-state index contributed by atoms with van der Waals surface area (Å²) < 4.78 is 26.4. The van der Waals surface area contributed by atoms with Gasteiger partial charge in [0.25, 0.3) is 0 Å². The van der Waals surface area contributed by atoms with E-state index in [0.717, 1.165) is 5.56 Å². The lowest BCUT2D eigenvalue weighted by atomic mass is 9.94. The van der Waals surface area contributed by atoms with Gasteiger partial charge in [0.1, 0.15) is 6.04 Å². The molecule has 0 spiro atoms. The summed E-state index contributed by atoms with van der Waals surface area (Å²) in [5.41, 5.74) is 0.0529. The van der Waals surface area contributed by atoms with Gasteiger partial charge in [0, 0.05) is 11.6 Å². The summed E-state index contributed by atoms with van der Waals surface area (Å²) in [6.45, 7) is -0.189. The smallest absolute Gasteiger partial charge is 0.326 e. The number of halogens is 2. The fourth-order valence-corrected chi connectivity index (χ4v) is 6.62. The van der Waals surface area contributed by atoms with E-state index in [9.17, 15) is 23.1 Å². The summed E-state index contributed by atoms with van der Waals surface area (Å²) in [7, 11) is -3.96. The first kappa shape index (κ1) is 21.2. The molecule has 1 saturated heterocycles. The van der Waals surface area contributed by atoms with Gasteiger partial charge in [-0.15, -0.1) is 0 Å². The van der Waals surface area contributed by atoms with Crippen molar-refractivity contribution in [2.75, 3.05) is 6.54 Å². The third kappa shape index (κ3) is 3.49. The lowest BCUT2D eigenvalue weighted by Crippen LogP contribution is -2.46. The molecular formula is C21H19Cl2NO5S. The summed E-state index contributed by atoms with van der Waals surface area (Å²) in [4.78, 5) is 26.4. The molecule has 6 nitrogen and oxygen atoms in total. The molecule has 0 aromatic heterocycles. The number of carbonyl (C=O) groups excluding carboxylic acids is 1. The minimum atomic E-state index is -3.96. The summed E-state index contributed by atoms with van der Waals surface area (Å²) in [5.74, 6) is -1.55. The predicted molar refractivity (Wildman–Crippen MR) is 113 cm³/mol. The van der Waals surface area contributed by atoms with Gasteiger partial charge in [-0.1, -0.05) is 53.5 Å². The molecule has 1 aliphatic carbocycles. The van der Waals surface area contributed by atoms with E-state index in [0.29, 0.717) is 17.9 Å². The second-order valence-corrected chi connectivity index (χ2v) is 10.8. The van der Waals surface area contributed by atoms with Crippen LogP contribution in [0.1, 0.15) is 24.8 Å². The van der Waals surface area contributed by atoms with Crippen molar-refractivity contribution in [3.63, 3.8) is 0 Å². The topological polar surface area (TPSA) is 91.8 Å². The maximum Gasteiger partial charge on any atom is 0.326 e. The number of likely N-dealkylation sites (tertiary alicyclic amines) is 1. The molecule has 4 rings (SSSR count). The molecule has 0 unspecified atom stereocenters.